The van der Waals surface area contributed by atoms with Crippen molar-refractivity contribution < 1.29 is 19.1 Å². The zero-order chi connectivity index (χ0) is 18.0. The number of rotatable bonds is 5. The van der Waals surface area contributed by atoms with E-state index in [4.69, 9.17) is 9.15 Å². The maximum atomic E-state index is 11.5. The van der Waals surface area contributed by atoms with Gasteiger partial charge in [0.15, 0.2) is 5.76 Å². The average molecular weight is 354 g/mol. The summed E-state index contributed by atoms with van der Waals surface area (Å²) in [6.07, 6.45) is 1.41. The molecule has 2 heterocycles. The Labute approximate surface area is 147 Å². The Hall–Kier alpha value is -3.11. The van der Waals surface area contributed by atoms with Crippen molar-refractivity contribution in [2.45, 2.75) is 20.0 Å². The minimum atomic E-state index is -1.07. The van der Waals surface area contributed by atoms with Crippen LogP contribution in [0.25, 0.3) is 22.0 Å². The van der Waals surface area contributed by atoms with Gasteiger partial charge in [0.25, 0.3) is 0 Å². The molecule has 2 aromatic heterocycles. The highest BCUT2D eigenvalue weighted by Gasteiger charge is 2.22. The summed E-state index contributed by atoms with van der Waals surface area (Å²) >= 11 is 1.04. The summed E-state index contributed by atoms with van der Waals surface area (Å²) in [7, 11) is 0. The Morgan fingerprint density at radius 3 is 2.80 bits per heavy atom. The third kappa shape index (κ3) is 3.39. The standard InChI is InChI=1S/C18H14N2O4S/c1-10(2)24-13-6-5-11(8-12(13)9-19)17-20-15(14-4-3-7-23-14)16(25-17)18(21)22/h3-8,10H,1-2H3,(H,21,22). The molecule has 3 rings (SSSR count). The van der Waals surface area contributed by atoms with Crippen molar-refractivity contribution >= 4 is 17.3 Å². The Bertz CT molecular complexity index is 952. The van der Waals surface area contributed by atoms with Crippen molar-refractivity contribution in [1.82, 2.24) is 4.98 Å². The van der Waals surface area contributed by atoms with E-state index in [-0.39, 0.29) is 16.7 Å². The summed E-state index contributed by atoms with van der Waals surface area (Å²) < 4.78 is 10.9. The molecular weight excluding hydrogens is 340 g/mol. The minimum absolute atomic E-state index is 0.0537. The topological polar surface area (TPSA) is 96.3 Å². The van der Waals surface area contributed by atoms with Gasteiger partial charge >= 0.3 is 5.97 Å². The minimum Gasteiger partial charge on any atom is -0.490 e. The summed E-state index contributed by atoms with van der Waals surface area (Å²) in [5, 5.41) is 19.3. The largest absolute Gasteiger partial charge is 0.490 e. The Morgan fingerprint density at radius 2 is 2.20 bits per heavy atom. The van der Waals surface area contributed by atoms with E-state index in [2.05, 4.69) is 11.1 Å². The number of carboxylic acid groups (broad SMARTS) is 1. The Morgan fingerprint density at radius 1 is 1.40 bits per heavy atom. The number of ether oxygens (including phenoxy) is 1. The van der Waals surface area contributed by atoms with Gasteiger partial charge in [0, 0.05) is 5.56 Å². The molecule has 0 atom stereocenters. The lowest BCUT2D eigenvalue weighted by atomic mass is 10.1. The van der Waals surface area contributed by atoms with Crippen LogP contribution in [0.15, 0.2) is 41.0 Å². The smallest absolute Gasteiger partial charge is 0.348 e. The van der Waals surface area contributed by atoms with Gasteiger partial charge in [-0.25, -0.2) is 9.78 Å². The number of aromatic nitrogens is 1. The van der Waals surface area contributed by atoms with Crippen molar-refractivity contribution in [3.8, 4) is 33.8 Å². The highest BCUT2D eigenvalue weighted by molar-refractivity contribution is 7.17. The summed E-state index contributed by atoms with van der Waals surface area (Å²) in [4.78, 5) is 16.0. The molecule has 0 aliphatic carbocycles. The second-order valence-electron chi connectivity index (χ2n) is 5.47. The Balaban J connectivity index is 2.07. The molecule has 1 N–H and O–H groups in total. The summed E-state index contributed by atoms with van der Waals surface area (Å²) in [5.74, 6) is -0.196. The zero-order valence-corrected chi connectivity index (χ0v) is 14.3. The van der Waals surface area contributed by atoms with E-state index in [9.17, 15) is 15.2 Å². The number of nitriles is 1. The van der Waals surface area contributed by atoms with Gasteiger partial charge in [-0.1, -0.05) is 0 Å². The molecular formula is C18H14N2O4S. The quantitative estimate of drug-likeness (QED) is 0.728. The fraction of sp³-hybridized carbons (Fsp3) is 0.167. The molecule has 7 heteroatoms. The van der Waals surface area contributed by atoms with Crippen molar-refractivity contribution in [2.24, 2.45) is 0 Å². The lowest BCUT2D eigenvalue weighted by molar-refractivity contribution is 0.0702. The van der Waals surface area contributed by atoms with Crippen LogP contribution in [-0.2, 0) is 0 Å². The molecule has 0 amide bonds. The predicted octanol–water partition coefficient (Wildman–Crippen LogP) is 4.43. The van der Waals surface area contributed by atoms with Crippen LogP contribution in [0.2, 0.25) is 0 Å². The lowest BCUT2D eigenvalue weighted by Crippen LogP contribution is -2.06. The molecule has 25 heavy (non-hydrogen) atoms. The second-order valence-corrected chi connectivity index (χ2v) is 6.47. The first-order chi connectivity index (χ1) is 12.0. The number of carboxylic acids is 1. The van der Waals surface area contributed by atoms with E-state index in [1.165, 1.54) is 6.26 Å². The fourth-order valence-corrected chi connectivity index (χ4v) is 3.18. The maximum absolute atomic E-state index is 11.5. The molecule has 0 bridgehead atoms. The molecule has 0 aliphatic rings. The lowest BCUT2D eigenvalue weighted by Gasteiger charge is -2.11. The molecule has 0 spiro atoms. The first kappa shape index (κ1) is 16.7. The number of thiazole rings is 1. The van der Waals surface area contributed by atoms with Crippen molar-refractivity contribution in [1.29, 1.82) is 5.26 Å². The first-order valence-electron chi connectivity index (χ1n) is 7.48. The van der Waals surface area contributed by atoms with Crippen LogP contribution in [0, 0.1) is 11.3 Å². The number of benzene rings is 1. The van der Waals surface area contributed by atoms with Gasteiger partial charge in [0.2, 0.25) is 0 Å². The van der Waals surface area contributed by atoms with Crippen LogP contribution in [0.1, 0.15) is 29.1 Å². The second kappa shape index (κ2) is 6.79. The highest BCUT2D eigenvalue weighted by atomic mass is 32.1. The number of furan rings is 1. The van der Waals surface area contributed by atoms with Crippen LogP contribution in [0.4, 0.5) is 0 Å². The molecule has 0 unspecified atom stereocenters. The normalized spacial score (nSPS) is 10.6. The first-order valence-corrected chi connectivity index (χ1v) is 8.30. The monoisotopic (exact) mass is 354 g/mol. The van der Waals surface area contributed by atoms with E-state index < -0.39 is 5.97 Å². The van der Waals surface area contributed by atoms with E-state index in [0.717, 1.165) is 11.3 Å². The highest BCUT2D eigenvalue weighted by Crippen LogP contribution is 2.35. The average Bonchev–Trinajstić information content (AvgIpc) is 3.23. The zero-order valence-electron chi connectivity index (χ0n) is 13.5. The molecule has 3 aromatic rings. The van der Waals surface area contributed by atoms with Gasteiger partial charge in [-0.2, -0.15) is 5.26 Å². The van der Waals surface area contributed by atoms with Crippen LogP contribution in [-0.4, -0.2) is 22.2 Å². The van der Waals surface area contributed by atoms with Gasteiger partial charge in [0.1, 0.15) is 27.4 Å². The molecule has 126 valence electrons. The van der Waals surface area contributed by atoms with Crippen molar-refractivity contribution in [3.05, 3.63) is 47.0 Å². The third-order valence-electron chi connectivity index (χ3n) is 3.29. The molecule has 0 saturated carbocycles. The number of carbonyl (C=O) groups is 1. The molecule has 0 fully saturated rings. The van der Waals surface area contributed by atoms with Crippen molar-refractivity contribution in [3.63, 3.8) is 0 Å². The van der Waals surface area contributed by atoms with Crippen LogP contribution in [0.3, 0.4) is 0 Å². The van der Waals surface area contributed by atoms with Crippen LogP contribution < -0.4 is 4.74 Å². The molecule has 0 aliphatic heterocycles. The summed E-state index contributed by atoms with van der Waals surface area (Å²) in [5.41, 5.74) is 1.30. The van der Waals surface area contributed by atoms with Gasteiger partial charge in [-0.3, -0.25) is 0 Å². The molecule has 0 radical (unpaired) electrons. The predicted molar refractivity (Wildman–Crippen MR) is 92.7 cm³/mol. The third-order valence-corrected chi connectivity index (χ3v) is 4.38. The number of nitrogens with zero attached hydrogens (tertiary/aromatic N) is 2. The van der Waals surface area contributed by atoms with E-state index in [1.807, 2.05) is 13.8 Å². The summed E-state index contributed by atoms with van der Waals surface area (Å²) in [6.45, 7) is 3.76. The maximum Gasteiger partial charge on any atom is 0.348 e. The SMILES string of the molecule is CC(C)Oc1ccc(-c2nc(-c3ccco3)c(C(=O)O)s2)cc1C#N. The van der Waals surface area contributed by atoms with Gasteiger partial charge in [0.05, 0.1) is 17.9 Å². The number of hydrogen-bond donors (Lipinski definition) is 1. The molecule has 0 saturated heterocycles. The van der Waals surface area contributed by atoms with Crippen LogP contribution >= 0.6 is 11.3 Å². The number of aromatic carboxylic acids is 1. The van der Waals surface area contributed by atoms with Gasteiger partial charge < -0.3 is 14.3 Å². The van der Waals surface area contributed by atoms with Gasteiger partial charge in [-0.15, -0.1) is 11.3 Å². The van der Waals surface area contributed by atoms with Crippen molar-refractivity contribution in [2.75, 3.05) is 0 Å². The number of hydrogen-bond acceptors (Lipinski definition) is 6. The van der Waals surface area contributed by atoms with E-state index >= 15 is 0 Å². The molecule has 6 nitrogen and oxygen atoms in total. The fourth-order valence-electron chi connectivity index (χ4n) is 2.28. The summed E-state index contributed by atoms with van der Waals surface area (Å²) in [6, 6.07) is 10.5. The van der Waals surface area contributed by atoms with Crippen LogP contribution in [0.5, 0.6) is 5.75 Å². The van der Waals surface area contributed by atoms with Gasteiger partial charge in [-0.05, 0) is 44.2 Å². The van der Waals surface area contributed by atoms with E-state index in [1.54, 1.807) is 30.3 Å². The van der Waals surface area contributed by atoms with E-state index in [0.29, 0.717) is 27.6 Å². The molecule has 1 aromatic carbocycles. The Kier molecular flexibility index (Phi) is 4.55.